The zero-order valence-corrected chi connectivity index (χ0v) is 19.1. The van der Waals surface area contributed by atoms with E-state index >= 15 is 0 Å². The first kappa shape index (κ1) is 23.8. The summed E-state index contributed by atoms with van der Waals surface area (Å²) >= 11 is 7.65. The number of halogens is 1. The molecule has 3 rings (SSSR count). The summed E-state index contributed by atoms with van der Waals surface area (Å²) in [6.07, 6.45) is 1.89. The van der Waals surface area contributed by atoms with E-state index in [9.17, 15) is 14.4 Å². The van der Waals surface area contributed by atoms with E-state index in [1.54, 1.807) is 30.6 Å². The Morgan fingerprint density at radius 1 is 1.00 bits per heavy atom. The minimum absolute atomic E-state index is 0.260. The van der Waals surface area contributed by atoms with Crippen LogP contribution in [0.2, 0.25) is 5.02 Å². The highest BCUT2D eigenvalue weighted by atomic mass is 35.5. The van der Waals surface area contributed by atoms with Crippen LogP contribution in [0.15, 0.2) is 36.8 Å². The van der Waals surface area contributed by atoms with E-state index in [0.29, 0.717) is 16.5 Å². The number of thioether (sulfide) groups is 1. The SMILES string of the molecule is CC(=O)O[C@@H]1[C@@H](OC(C)=O)[C@@H](Oc2cnc(-c3ccncc3)c(Cl)c2)SC[C@H]1OC(C)=O. The van der Waals surface area contributed by atoms with E-state index in [1.807, 2.05) is 0 Å². The number of pyridine rings is 2. The molecular formula is C21H21ClN2O7S. The molecule has 11 heteroatoms. The molecule has 0 radical (unpaired) electrons. The average Bonchev–Trinajstić information content (AvgIpc) is 2.72. The lowest BCUT2D eigenvalue weighted by atomic mass is 10.1. The predicted molar refractivity (Wildman–Crippen MR) is 116 cm³/mol. The number of carbonyl (C=O) groups is 3. The average molecular weight is 481 g/mol. The molecule has 9 nitrogen and oxygen atoms in total. The number of hydrogen-bond donors (Lipinski definition) is 0. The minimum atomic E-state index is -1.04. The van der Waals surface area contributed by atoms with E-state index in [1.165, 1.54) is 38.7 Å². The number of aromatic nitrogens is 2. The Morgan fingerprint density at radius 2 is 1.62 bits per heavy atom. The van der Waals surface area contributed by atoms with Crippen LogP contribution in [0.25, 0.3) is 11.3 Å². The van der Waals surface area contributed by atoms with Crippen molar-refractivity contribution in [3.63, 3.8) is 0 Å². The van der Waals surface area contributed by atoms with Gasteiger partial charge in [0.25, 0.3) is 0 Å². The van der Waals surface area contributed by atoms with Gasteiger partial charge >= 0.3 is 17.9 Å². The second-order valence-electron chi connectivity index (χ2n) is 6.85. The lowest BCUT2D eigenvalue weighted by Crippen LogP contribution is -2.55. The van der Waals surface area contributed by atoms with Crippen LogP contribution in [0.4, 0.5) is 0 Å². The minimum Gasteiger partial charge on any atom is -0.474 e. The third kappa shape index (κ3) is 6.10. The summed E-state index contributed by atoms with van der Waals surface area (Å²) in [5, 5.41) is 0.355. The van der Waals surface area contributed by atoms with Crippen molar-refractivity contribution in [2.45, 2.75) is 44.5 Å². The number of esters is 3. The molecule has 3 heterocycles. The van der Waals surface area contributed by atoms with E-state index in [-0.39, 0.29) is 5.75 Å². The summed E-state index contributed by atoms with van der Waals surface area (Å²) in [4.78, 5) is 43.3. The van der Waals surface area contributed by atoms with Gasteiger partial charge in [0.05, 0.1) is 16.9 Å². The van der Waals surface area contributed by atoms with E-state index in [0.717, 1.165) is 5.56 Å². The van der Waals surface area contributed by atoms with Crippen molar-refractivity contribution >= 4 is 41.3 Å². The second kappa shape index (κ2) is 10.6. The Kier molecular flexibility index (Phi) is 7.92. The molecule has 0 bridgehead atoms. The quantitative estimate of drug-likeness (QED) is 0.451. The number of hydrogen-bond acceptors (Lipinski definition) is 10. The second-order valence-corrected chi connectivity index (χ2v) is 8.39. The van der Waals surface area contributed by atoms with Gasteiger partial charge in [0.2, 0.25) is 0 Å². The number of nitrogens with zero attached hydrogens (tertiary/aromatic N) is 2. The molecule has 170 valence electrons. The van der Waals surface area contributed by atoms with Gasteiger partial charge < -0.3 is 18.9 Å². The van der Waals surface area contributed by atoms with Gasteiger partial charge in [-0.05, 0) is 12.1 Å². The highest BCUT2D eigenvalue weighted by molar-refractivity contribution is 7.99. The molecular weight excluding hydrogens is 460 g/mol. The first-order valence-corrected chi connectivity index (χ1v) is 11.0. The molecule has 1 fully saturated rings. The summed E-state index contributed by atoms with van der Waals surface area (Å²) in [5.41, 5.74) is 0.585. The summed E-state index contributed by atoms with van der Waals surface area (Å²) in [5.74, 6) is -1.17. The van der Waals surface area contributed by atoms with Gasteiger partial charge in [-0.15, -0.1) is 11.8 Å². The van der Waals surface area contributed by atoms with Crippen LogP contribution in [-0.4, -0.2) is 57.4 Å². The highest BCUT2D eigenvalue weighted by Crippen LogP contribution is 2.35. The Morgan fingerprint density at radius 3 is 2.22 bits per heavy atom. The monoisotopic (exact) mass is 480 g/mol. The molecule has 0 aliphatic carbocycles. The molecule has 1 saturated heterocycles. The molecule has 1 aliphatic heterocycles. The van der Waals surface area contributed by atoms with Crippen molar-refractivity contribution in [2.75, 3.05) is 5.75 Å². The van der Waals surface area contributed by atoms with Crippen LogP contribution in [-0.2, 0) is 28.6 Å². The summed E-state index contributed by atoms with van der Waals surface area (Å²) < 4.78 is 22.0. The van der Waals surface area contributed by atoms with Crippen LogP contribution in [0, 0.1) is 0 Å². The predicted octanol–water partition coefficient (Wildman–Crippen LogP) is 3.04. The van der Waals surface area contributed by atoms with Crippen LogP contribution >= 0.6 is 23.4 Å². The van der Waals surface area contributed by atoms with Gasteiger partial charge in [0, 0.05) is 50.5 Å². The zero-order chi connectivity index (χ0) is 23.3. The van der Waals surface area contributed by atoms with E-state index in [2.05, 4.69) is 9.97 Å². The maximum atomic E-state index is 11.8. The Bertz CT molecular complexity index is 991. The standard InChI is InChI=1S/C21H21ClN2O7S/c1-11(25)28-17-10-32-21(20(30-13(3)27)19(17)29-12(2)26)31-15-8-16(22)18(24-9-15)14-4-6-23-7-5-14/h4-9,17,19-21H,10H2,1-3H3/t17-,19+,20-,21+/m1/s1. The smallest absolute Gasteiger partial charge is 0.303 e. The van der Waals surface area contributed by atoms with Crippen molar-refractivity contribution in [1.82, 2.24) is 9.97 Å². The normalized spacial score (nSPS) is 22.5. The molecule has 4 atom stereocenters. The molecule has 32 heavy (non-hydrogen) atoms. The van der Waals surface area contributed by atoms with Crippen LogP contribution in [0.5, 0.6) is 5.75 Å². The molecule has 0 N–H and O–H groups in total. The Labute approximate surface area is 193 Å². The van der Waals surface area contributed by atoms with Crippen molar-refractivity contribution in [3.8, 4) is 17.0 Å². The molecule has 0 amide bonds. The van der Waals surface area contributed by atoms with Crippen LogP contribution in [0.3, 0.4) is 0 Å². The van der Waals surface area contributed by atoms with Crippen molar-refractivity contribution in [2.24, 2.45) is 0 Å². The molecule has 0 unspecified atom stereocenters. The largest absolute Gasteiger partial charge is 0.474 e. The van der Waals surface area contributed by atoms with Gasteiger partial charge in [0.1, 0.15) is 5.75 Å². The van der Waals surface area contributed by atoms with Crippen molar-refractivity contribution in [1.29, 1.82) is 0 Å². The lowest BCUT2D eigenvalue weighted by molar-refractivity contribution is -0.186. The maximum Gasteiger partial charge on any atom is 0.303 e. The van der Waals surface area contributed by atoms with Crippen LogP contribution in [0.1, 0.15) is 20.8 Å². The highest BCUT2D eigenvalue weighted by Gasteiger charge is 2.47. The molecule has 2 aromatic rings. The fourth-order valence-corrected chi connectivity index (χ4v) is 4.63. The molecule has 0 saturated carbocycles. The molecule has 0 spiro atoms. The third-order valence-electron chi connectivity index (χ3n) is 4.33. The molecule has 1 aliphatic rings. The van der Waals surface area contributed by atoms with Crippen molar-refractivity contribution < 1.29 is 33.3 Å². The van der Waals surface area contributed by atoms with Gasteiger partial charge in [-0.1, -0.05) is 11.6 Å². The van der Waals surface area contributed by atoms with Gasteiger partial charge in [-0.3, -0.25) is 24.4 Å². The Balaban J connectivity index is 1.85. The third-order valence-corrected chi connectivity index (χ3v) is 5.83. The van der Waals surface area contributed by atoms with Crippen molar-refractivity contribution in [3.05, 3.63) is 41.8 Å². The number of carbonyl (C=O) groups excluding carboxylic acids is 3. The number of rotatable bonds is 6. The van der Waals surface area contributed by atoms with Gasteiger partial charge in [0.15, 0.2) is 23.7 Å². The van der Waals surface area contributed by atoms with E-state index in [4.69, 9.17) is 30.5 Å². The van der Waals surface area contributed by atoms with Gasteiger partial charge in [-0.25, -0.2) is 0 Å². The van der Waals surface area contributed by atoms with E-state index < -0.39 is 41.7 Å². The topological polar surface area (TPSA) is 114 Å². The maximum absolute atomic E-state index is 11.8. The Hall–Kier alpha value is -2.85. The number of ether oxygens (including phenoxy) is 4. The fraction of sp³-hybridized carbons (Fsp3) is 0.381. The summed E-state index contributed by atoms with van der Waals surface area (Å²) in [7, 11) is 0. The van der Waals surface area contributed by atoms with Gasteiger partial charge in [-0.2, -0.15) is 0 Å². The zero-order valence-electron chi connectivity index (χ0n) is 17.5. The first-order valence-electron chi connectivity index (χ1n) is 9.60. The first-order chi connectivity index (χ1) is 15.2. The lowest BCUT2D eigenvalue weighted by Gasteiger charge is -2.39. The molecule has 2 aromatic heterocycles. The summed E-state index contributed by atoms with van der Waals surface area (Å²) in [6, 6.07) is 5.15. The van der Waals surface area contributed by atoms with Crippen LogP contribution < -0.4 is 4.74 Å². The fourth-order valence-electron chi connectivity index (χ4n) is 3.15. The summed E-state index contributed by atoms with van der Waals surface area (Å²) in [6.45, 7) is 3.69. The molecule has 0 aromatic carbocycles.